The van der Waals surface area contributed by atoms with Crippen molar-refractivity contribution in [1.82, 2.24) is 4.98 Å². The Bertz CT molecular complexity index is 432. The molecule has 1 heteroatoms. The fourth-order valence-electron chi connectivity index (χ4n) is 1.43. The third-order valence-corrected chi connectivity index (χ3v) is 2.18. The van der Waals surface area contributed by atoms with Gasteiger partial charge in [0, 0.05) is 11.1 Å². The lowest BCUT2D eigenvalue weighted by atomic mass is 10.1. The van der Waals surface area contributed by atoms with Crippen molar-refractivity contribution in [3.8, 4) is 0 Å². The Labute approximate surface area is 78.4 Å². The summed E-state index contributed by atoms with van der Waals surface area (Å²) in [7, 11) is 0. The van der Waals surface area contributed by atoms with Crippen molar-refractivity contribution in [3.63, 3.8) is 0 Å². The number of hydrogen-bond acceptors (Lipinski definition) is 1. The fourth-order valence-corrected chi connectivity index (χ4v) is 1.43. The predicted octanol–water partition coefficient (Wildman–Crippen LogP) is 2.92. The molecule has 0 aliphatic heterocycles. The summed E-state index contributed by atoms with van der Waals surface area (Å²) in [6, 6.07) is 10.4. The Morgan fingerprint density at radius 1 is 1.23 bits per heavy atom. The largest absolute Gasteiger partial charge is 0.253 e. The normalized spacial score (nSPS) is 10.6. The minimum Gasteiger partial charge on any atom is -0.253 e. The van der Waals surface area contributed by atoms with Crippen molar-refractivity contribution in [3.05, 3.63) is 48.5 Å². The molecule has 1 radical (unpaired) electrons. The first-order valence-electron chi connectivity index (χ1n) is 4.45. The van der Waals surface area contributed by atoms with Gasteiger partial charge in [0.15, 0.2) is 0 Å². The van der Waals surface area contributed by atoms with E-state index >= 15 is 0 Å². The molecule has 0 bridgehead atoms. The first-order chi connectivity index (χ1) is 6.29. The molecule has 0 saturated heterocycles. The highest BCUT2D eigenvalue weighted by atomic mass is 14.7. The molecule has 0 unspecified atom stereocenters. The van der Waals surface area contributed by atoms with Gasteiger partial charge in [0.25, 0.3) is 0 Å². The quantitative estimate of drug-likeness (QED) is 0.641. The van der Waals surface area contributed by atoms with Crippen LogP contribution < -0.4 is 0 Å². The molecule has 13 heavy (non-hydrogen) atoms. The standard InChI is InChI=1S/C12H12N/c1-3-10-5-7-12-11(8-10)6-4-9(2)13-12/h4-8H,1,3H2,2H3. The van der Waals surface area contributed by atoms with Gasteiger partial charge in [-0.3, -0.25) is 4.98 Å². The molecule has 0 aliphatic rings. The zero-order valence-electron chi connectivity index (χ0n) is 7.75. The molecule has 0 amide bonds. The van der Waals surface area contributed by atoms with Crippen LogP contribution in [-0.4, -0.2) is 4.98 Å². The monoisotopic (exact) mass is 170 g/mol. The Kier molecular flexibility index (Phi) is 2.01. The second-order valence-electron chi connectivity index (χ2n) is 3.23. The molecule has 0 fully saturated rings. The minimum atomic E-state index is 0.837. The lowest BCUT2D eigenvalue weighted by molar-refractivity contribution is 1.24. The van der Waals surface area contributed by atoms with Crippen molar-refractivity contribution < 1.29 is 0 Å². The van der Waals surface area contributed by atoms with Gasteiger partial charge in [0.2, 0.25) is 0 Å². The summed E-state index contributed by atoms with van der Waals surface area (Å²) < 4.78 is 0. The van der Waals surface area contributed by atoms with Crippen LogP contribution in [0.3, 0.4) is 0 Å². The summed E-state index contributed by atoms with van der Waals surface area (Å²) in [6.45, 7) is 5.87. The summed E-state index contributed by atoms with van der Waals surface area (Å²) in [5.74, 6) is 0. The maximum Gasteiger partial charge on any atom is 0.0705 e. The molecule has 0 saturated carbocycles. The SMILES string of the molecule is [CH2]Cc1ccc2nc(C)ccc2c1. The van der Waals surface area contributed by atoms with Crippen LogP contribution >= 0.6 is 0 Å². The maximum atomic E-state index is 4.43. The Morgan fingerprint density at radius 3 is 2.85 bits per heavy atom. The van der Waals surface area contributed by atoms with E-state index in [0.717, 1.165) is 17.6 Å². The summed E-state index contributed by atoms with van der Waals surface area (Å²) in [6.07, 6.45) is 0.837. The van der Waals surface area contributed by atoms with Crippen LogP contribution in [0.5, 0.6) is 0 Å². The van der Waals surface area contributed by atoms with Crippen LogP contribution in [0.15, 0.2) is 30.3 Å². The Balaban J connectivity index is 2.66. The zero-order valence-corrected chi connectivity index (χ0v) is 7.75. The average Bonchev–Trinajstić information content (AvgIpc) is 2.17. The highest BCUT2D eigenvalue weighted by Crippen LogP contribution is 2.14. The Morgan fingerprint density at radius 2 is 2.08 bits per heavy atom. The third kappa shape index (κ3) is 1.55. The van der Waals surface area contributed by atoms with Gasteiger partial charge >= 0.3 is 0 Å². The molecule has 0 atom stereocenters. The van der Waals surface area contributed by atoms with Crippen LogP contribution in [-0.2, 0) is 6.42 Å². The summed E-state index contributed by atoms with van der Waals surface area (Å²) in [5, 5.41) is 1.20. The lowest BCUT2D eigenvalue weighted by Crippen LogP contribution is -1.85. The van der Waals surface area contributed by atoms with E-state index in [1.165, 1.54) is 10.9 Å². The van der Waals surface area contributed by atoms with E-state index in [4.69, 9.17) is 0 Å². The maximum absolute atomic E-state index is 4.43. The summed E-state index contributed by atoms with van der Waals surface area (Å²) in [5.41, 5.74) is 3.39. The van der Waals surface area contributed by atoms with Crippen molar-refractivity contribution in [2.45, 2.75) is 13.3 Å². The Hall–Kier alpha value is -1.37. The highest BCUT2D eigenvalue weighted by Gasteiger charge is 1.95. The van der Waals surface area contributed by atoms with Crippen molar-refractivity contribution in [2.24, 2.45) is 0 Å². The van der Waals surface area contributed by atoms with Gasteiger partial charge in [0.05, 0.1) is 5.52 Å². The number of pyridine rings is 1. The van der Waals surface area contributed by atoms with Crippen LogP contribution in [0.2, 0.25) is 0 Å². The van der Waals surface area contributed by atoms with Crippen LogP contribution in [0.1, 0.15) is 11.3 Å². The van der Waals surface area contributed by atoms with Crippen LogP contribution in [0.4, 0.5) is 0 Å². The first kappa shape index (κ1) is 8.24. The van der Waals surface area contributed by atoms with Gasteiger partial charge in [-0.05, 0) is 44.0 Å². The molecule has 0 aliphatic carbocycles. The molecule has 2 aromatic rings. The van der Waals surface area contributed by atoms with E-state index in [1.54, 1.807) is 0 Å². The minimum absolute atomic E-state index is 0.837. The van der Waals surface area contributed by atoms with Gasteiger partial charge < -0.3 is 0 Å². The highest BCUT2D eigenvalue weighted by molar-refractivity contribution is 5.79. The number of hydrogen-bond donors (Lipinski definition) is 0. The number of rotatable bonds is 1. The molecule has 1 heterocycles. The van der Waals surface area contributed by atoms with E-state index in [-0.39, 0.29) is 0 Å². The van der Waals surface area contributed by atoms with Crippen molar-refractivity contribution in [1.29, 1.82) is 0 Å². The second kappa shape index (κ2) is 3.17. The van der Waals surface area contributed by atoms with Gasteiger partial charge in [-0.15, -0.1) is 0 Å². The van der Waals surface area contributed by atoms with E-state index in [9.17, 15) is 0 Å². The number of fused-ring (bicyclic) bond motifs is 1. The fraction of sp³-hybridized carbons (Fsp3) is 0.167. The summed E-state index contributed by atoms with van der Waals surface area (Å²) in [4.78, 5) is 4.43. The summed E-state index contributed by atoms with van der Waals surface area (Å²) >= 11 is 0. The van der Waals surface area contributed by atoms with Gasteiger partial charge in [-0.25, -0.2) is 0 Å². The average molecular weight is 170 g/mol. The van der Waals surface area contributed by atoms with Crippen molar-refractivity contribution in [2.75, 3.05) is 0 Å². The topological polar surface area (TPSA) is 12.9 Å². The number of nitrogens with zero attached hydrogens (tertiary/aromatic N) is 1. The molecular weight excluding hydrogens is 158 g/mol. The van der Waals surface area contributed by atoms with Gasteiger partial charge in [-0.1, -0.05) is 12.1 Å². The van der Waals surface area contributed by atoms with E-state index in [1.807, 2.05) is 13.0 Å². The molecular formula is C12H12N. The zero-order chi connectivity index (χ0) is 9.26. The second-order valence-corrected chi connectivity index (χ2v) is 3.23. The number of aryl methyl sites for hydroxylation is 1. The van der Waals surface area contributed by atoms with E-state index < -0.39 is 0 Å². The smallest absolute Gasteiger partial charge is 0.0705 e. The lowest BCUT2D eigenvalue weighted by Gasteiger charge is -2.00. The molecule has 1 nitrogen and oxygen atoms in total. The third-order valence-electron chi connectivity index (χ3n) is 2.18. The first-order valence-corrected chi connectivity index (χ1v) is 4.45. The van der Waals surface area contributed by atoms with Crippen LogP contribution in [0.25, 0.3) is 10.9 Å². The number of aromatic nitrogens is 1. The van der Waals surface area contributed by atoms with Crippen LogP contribution in [0, 0.1) is 13.8 Å². The molecule has 1 aromatic heterocycles. The number of benzene rings is 1. The molecule has 0 N–H and O–H groups in total. The molecule has 2 rings (SSSR count). The molecule has 1 aromatic carbocycles. The predicted molar refractivity (Wildman–Crippen MR) is 55.5 cm³/mol. The van der Waals surface area contributed by atoms with E-state index in [2.05, 4.69) is 36.2 Å². The van der Waals surface area contributed by atoms with Crippen molar-refractivity contribution >= 4 is 10.9 Å². The molecule has 0 spiro atoms. The molecule has 65 valence electrons. The van der Waals surface area contributed by atoms with Gasteiger partial charge in [-0.2, -0.15) is 0 Å². The van der Waals surface area contributed by atoms with E-state index in [0.29, 0.717) is 0 Å². The van der Waals surface area contributed by atoms with Gasteiger partial charge in [0.1, 0.15) is 0 Å².